The van der Waals surface area contributed by atoms with Gasteiger partial charge in [-0.3, -0.25) is 9.09 Å². The molecule has 0 amide bonds. The number of hydrogen-bond acceptors (Lipinski definition) is 4. The van der Waals surface area contributed by atoms with E-state index in [1.165, 1.54) is 4.57 Å². The molecule has 1 N–H and O–H groups in total. The second-order valence-electron chi connectivity index (χ2n) is 3.32. The highest BCUT2D eigenvalue weighted by molar-refractivity contribution is 4.90. The molecule has 0 saturated carbocycles. The number of aliphatic hydroxyl groups excluding tert-OH is 1. The lowest BCUT2D eigenvalue weighted by Gasteiger charge is -2.11. The Hall–Kier alpha value is -1.10. The van der Waals surface area contributed by atoms with Crippen LogP contribution < -0.4 is 5.76 Å². The summed E-state index contributed by atoms with van der Waals surface area (Å²) in [5.41, 5.74) is 0. The van der Waals surface area contributed by atoms with Gasteiger partial charge in [-0.2, -0.15) is 0 Å². The van der Waals surface area contributed by atoms with Gasteiger partial charge in [0.15, 0.2) is 5.82 Å². The molecule has 0 radical (unpaired) electrons. The monoisotopic (exact) mass is 184 g/mol. The summed E-state index contributed by atoms with van der Waals surface area (Å²) in [4.78, 5) is 11.2. The van der Waals surface area contributed by atoms with Crippen molar-refractivity contribution < 1.29 is 9.63 Å². The number of aromatic nitrogens is 2. The third-order valence-corrected chi connectivity index (χ3v) is 2.47. The van der Waals surface area contributed by atoms with Gasteiger partial charge >= 0.3 is 5.76 Å². The van der Waals surface area contributed by atoms with Crippen molar-refractivity contribution >= 4 is 0 Å². The molecule has 0 spiro atoms. The number of rotatable bonds is 1. The second kappa shape index (κ2) is 3.33. The van der Waals surface area contributed by atoms with E-state index in [-0.39, 0.29) is 12.6 Å². The highest BCUT2D eigenvalue weighted by atomic mass is 16.5. The summed E-state index contributed by atoms with van der Waals surface area (Å²) in [5, 5.41) is 12.8. The smallest absolute Gasteiger partial charge is 0.394 e. The Morgan fingerprint density at radius 2 is 2.46 bits per heavy atom. The van der Waals surface area contributed by atoms with Crippen LogP contribution in [-0.2, 0) is 6.42 Å². The largest absolute Gasteiger partial charge is 0.441 e. The van der Waals surface area contributed by atoms with Gasteiger partial charge in [0.1, 0.15) is 0 Å². The fourth-order valence-electron chi connectivity index (χ4n) is 1.78. The Morgan fingerprint density at radius 1 is 1.62 bits per heavy atom. The Kier molecular flexibility index (Phi) is 2.18. The lowest BCUT2D eigenvalue weighted by molar-refractivity contribution is 0.212. The molecule has 0 bridgehead atoms. The summed E-state index contributed by atoms with van der Waals surface area (Å²) in [7, 11) is 0. The molecule has 1 aromatic heterocycles. The molecule has 0 saturated heterocycles. The van der Waals surface area contributed by atoms with Crippen LogP contribution in [0.15, 0.2) is 9.32 Å². The predicted octanol–water partition coefficient (Wildman–Crippen LogP) is 0.0961. The van der Waals surface area contributed by atoms with E-state index in [0.29, 0.717) is 5.82 Å². The minimum atomic E-state index is -0.448. The first kappa shape index (κ1) is 8.50. The van der Waals surface area contributed by atoms with Gasteiger partial charge < -0.3 is 5.11 Å². The lowest BCUT2D eigenvalue weighted by Crippen LogP contribution is -2.24. The molecule has 0 aromatic carbocycles. The molecule has 1 unspecified atom stereocenters. The topological polar surface area (TPSA) is 68.3 Å². The summed E-state index contributed by atoms with van der Waals surface area (Å²) < 4.78 is 6.03. The molecule has 13 heavy (non-hydrogen) atoms. The van der Waals surface area contributed by atoms with Crippen molar-refractivity contribution in [2.75, 3.05) is 6.61 Å². The highest BCUT2D eigenvalue weighted by Gasteiger charge is 2.21. The third-order valence-electron chi connectivity index (χ3n) is 2.47. The first-order chi connectivity index (χ1) is 6.33. The Labute approximate surface area is 75.0 Å². The molecule has 1 aliphatic heterocycles. The summed E-state index contributed by atoms with van der Waals surface area (Å²) in [5.74, 6) is 0.220. The Balaban J connectivity index is 2.44. The molecule has 2 rings (SSSR count). The molecule has 72 valence electrons. The van der Waals surface area contributed by atoms with Crippen molar-refractivity contribution in [2.24, 2.45) is 0 Å². The van der Waals surface area contributed by atoms with Gasteiger partial charge in [0, 0.05) is 6.42 Å². The summed E-state index contributed by atoms with van der Waals surface area (Å²) in [6.45, 7) is -0.0197. The quantitative estimate of drug-likeness (QED) is 0.672. The number of nitrogens with zero attached hydrogens (tertiary/aromatic N) is 2. The number of aliphatic hydroxyl groups is 1. The maximum absolute atomic E-state index is 11.2. The van der Waals surface area contributed by atoms with Gasteiger partial charge in [0.2, 0.25) is 0 Å². The summed E-state index contributed by atoms with van der Waals surface area (Å²) in [6, 6.07) is -0.142. The van der Waals surface area contributed by atoms with E-state index in [1.807, 2.05) is 0 Å². The van der Waals surface area contributed by atoms with Crippen molar-refractivity contribution in [3.05, 3.63) is 16.4 Å². The van der Waals surface area contributed by atoms with Crippen LogP contribution in [0.1, 0.15) is 31.1 Å². The van der Waals surface area contributed by atoms with Crippen LogP contribution in [-0.4, -0.2) is 21.4 Å². The molecule has 1 aromatic rings. The minimum absolute atomic E-state index is 0.0197. The normalized spacial score (nSPS) is 22.4. The molecule has 0 fully saturated rings. The van der Waals surface area contributed by atoms with E-state index in [9.17, 15) is 4.79 Å². The van der Waals surface area contributed by atoms with Crippen LogP contribution in [0.2, 0.25) is 0 Å². The van der Waals surface area contributed by atoms with E-state index in [1.54, 1.807) is 0 Å². The van der Waals surface area contributed by atoms with Crippen LogP contribution >= 0.6 is 0 Å². The Bertz CT molecular complexity index is 341. The molecule has 5 nitrogen and oxygen atoms in total. The zero-order valence-electron chi connectivity index (χ0n) is 7.27. The van der Waals surface area contributed by atoms with Gasteiger partial charge in [-0.05, 0) is 12.8 Å². The van der Waals surface area contributed by atoms with Gasteiger partial charge in [0.25, 0.3) is 0 Å². The van der Waals surface area contributed by atoms with E-state index in [0.717, 1.165) is 25.7 Å². The van der Waals surface area contributed by atoms with Gasteiger partial charge in [-0.25, -0.2) is 4.79 Å². The van der Waals surface area contributed by atoms with Crippen LogP contribution in [0.25, 0.3) is 0 Å². The van der Waals surface area contributed by atoms with Crippen LogP contribution in [0.5, 0.6) is 0 Å². The predicted molar refractivity (Wildman–Crippen MR) is 44.4 cm³/mol. The second-order valence-corrected chi connectivity index (χ2v) is 3.32. The average Bonchev–Trinajstić information content (AvgIpc) is 2.39. The van der Waals surface area contributed by atoms with Crippen molar-refractivity contribution in [2.45, 2.75) is 31.7 Å². The fraction of sp³-hybridized carbons (Fsp3) is 0.750. The lowest BCUT2D eigenvalue weighted by atomic mass is 10.1. The molecule has 0 aliphatic carbocycles. The average molecular weight is 184 g/mol. The SMILES string of the molecule is O=c1onc2n1C(CO)CCCC2. The molecule has 5 heteroatoms. The van der Waals surface area contributed by atoms with E-state index >= 15 is 0 Å². The highest BCUT2D eigenvalue weighted by Crippen LogP contribution is 2.20. The number of aryl methyl sites for hydroxylation is 1. The van der Waals surface area contributed by atoms with Gasteiger partial charge in [-0.1, -0.05) is 11.6 Å². The molecule has 1 aliphatic rings. The van der Waals surface area contributed by atoms with Crippen LogP contribution in [0.4, 0.5) is 0 Å². The zero-order chi connectivity index (χ0) is 9.26. The number of hydrogen-bond donors (Lipinski definition) is 1. The third kappa shape index (κ3) is 1.39. The maximum Gasteiger partial charge on any atom is 0.441 e. The minimum Gasteiger partial charge on any atom is -0.394 e. The summed E-state index contributed by atoms with van der Waals surface area (Å²) in [6.07, 6.45) is 3.61. The molecule has 2 heterocycles. The molecule has 1 atom stereocenters. The maximum atomic E-state index is 11.2. The van der Waals surface area contributed by atoms with Crippen molar-refractivity contribution in [3.63, 3.8) is 0 Å². The van der Waals surface area contributed by atoms with Gasteiger partial charge in [-0.15, -0.1) is 0 Å². The molecular weight excluding hydrogens is 172 g/mol. The van der Waals surface area contributed by atoms with E-state index in [2.05, 4.69) is 9.68 Å². The van der Waals surface area contributed by atoms with Gasteiger partial charge in [0.05, 0.1) is 12.6 Å². The van der Waals surface area contributed by atoms with Crippen molar-refractivity contribution in [1.82, 2.24) is 9.72 Å². The van der Waals surface area contributed by atoms with E-state index < -0.39 is 5.76 Å². The molecular formula is C8H12N2O3. The first-order valence-electron chi connectivity index (χ1n) is 4.51. The zero-order valence-corrected chi connectivity index (χ0v) is 7.27. The van der Waals surface area contributed by atoms with Crippen molar-refractivity contribution in [1.29, 1.82) is 0 Å². The standard InChI is InChI=1S/C8H12N2O3/c11-5-6-3-1-2-4-7-9-13-8(12)10(6)7/h6,11H,1-5H2. The summed E-state index contributed by atoms with van der Waals surface area (Å²) >= 11 is 0. The van der Waals surface area contributed by atoms with Crippen LogP contribution in [0, 0.1) is 0 Å². The Morgan fingerprint density at radius 3 is 3.23 bits per heavy atom. The first-order valence-corrected chi connectivity index (χ1v) is 4.51. The van der Waals surface area contributed by atoms with Crippen LogP contribution in [0.3, 0.4) is 0 Å². The van der Waals surface area contributed by atoms with Crippen molar-refractivity contribution in [3.8, 4) is 0 Å². The van der Waals surface area contributed by atoms with E-state index in [4.69, 9.17) is 5.11 Å². The fourth-order valence-corrected chi connectivity index (χ4v) is 1.78. The number of fused-ring (bicyclic) bond motifs is 1.